The zero-order valence-electron chi connectivity index (χ0n) is 22.5. The predicted molar refractivity (Wildman–Crippen MR) is 143 cm³/mol. The average molecular weight is 537 g/mol. The molecule has 0 saturated carbocycles. The van der Waals surface area contributed by atoms with E-state index < -0.39 is 29.7 Å². The number of hydrogen-bond acceptors (Lipinski definition) is 8. The summed E-state index contributed by atoms with van der Waals surface area (Å²) in [4.78, 5) is 35.6. The Balaban J connectivity index is 1.44. The molecule has 206 valence electrons. The van der Waals surface area contributed by atoms with Gasteiger partial charge in [-0.1, -0.05) is 39.0 Å². The number of nitrogens with two attached hydrogens (primary N) is 1. The molecule has 0 bridgehead atoms. The van der Waals surface area contributed by atoms with Crippen LogP contribution in [0, 0.1) is 11.7 Å². The van der Waals surface area contributed by atoms with Crippen molar-refractivity contribution in [3.63, 3.8) is 0 Å². The Hall–Kier alpha value is -4.06. The lowest BCUT2D eigenvalue weighted by Crippen LogP contribution is -2.29. The molecule has 1 aromatic carbocycles. The summed E-state index contributed by atoms with van der Waals surface area (Å²) in [5.41, 5.74) is 7.97. The zero-order chi connectivity index (χ0) is 28.1. The third kappa shape index (κ3) is 6.51. The molecule has 3 heterocycles. The van der Waals surface area contributed by atoms with Gasteiger partial charge >= 0.3 is 5.97 Å². The Morgan fingerprint density at radius 2 is 2.05 bits per heavy atom. The minimum Gasteiger partial charge on any atom is -0.454 e. The molecule has 3 unspecified atom stereocenters. The number of benzene rings is 1. The Morgan fingerprint density at radius 3 is 2.69 bits per heavy atom. The summed E-state index contributed by atoms with van der Waals surface area (Å²) in [5, 5.41) is 12.6. The second-order valence-electron chi connectivity index (χ2n) is 9.52. The van der Waals surface area contributed by atoms with Crippen LogP contribution >= 0.6 is 0 Å². The minimum atomic E-state index is -0.763. The van der Waals surface area contributed by atoms with E-state index in [1.165, 1.54) is 13.0 Å². The molecule has 1 aliphatic rings. The highest BCUT2D eigenvalue weighted by Crippen LogP contribution is 2.36. The number of hydrogen-bond donors (Lipinski definition) is 1. The van der Waals surface area contributed by atoms with Crippen molar-refractivity contribution in [1.29, 1.82) is 0 Å². The normalized spacial score (nSPS) is 18.4. The number of aliphatic imine (C=N–C) groups is 1. The Bertz CT molecular complexity index is 1350. The number of esters is 1. The van der Waals surface area contributed by atoms with Crippen LogP contribution in [-0.2, 0) is 20.9 Å². The van der Waals surface area contributed by atoms with E-state index >= 15 is 4.39 Å². The third-order valence-corrected chi connectivity index (χ3v) is 7.04. The van der Waals surface area contributed by atoms with Crippen molar-refractivity contribution in [3.05, 3.63) is 47.9 Å². The van der Waals surface area contributed by atoms with Crippen LogP contribution in [0.3, 0.4) is 0 Å². The summed E-state index contributed by atoms with van der Waals surface area (Å²) in [6.45, 7) is 10.7. The lowest BCUT2D eigenvalue weighted by atomic mass is 9.84. The van der Waals surface area contributed by atoms with E-state index in [1.807, 2.05) is 6.92 Å². The molecule has 4 rings (SSSR count). The Kier molecular flexibility index (Phi) is 8.75. The minimum absolute atomic E-state index is 0.0274. The topological polar surface area (TPSA) is 141 Å². The first-order chi connectivity index (χ1) is 18.7. The van der Waals surface area contributed by atoms with E-state index in [0.717, 1.165) is 19.6 Å². The van der Waals surface area contributed by atoms with Crippen LogP contribution < -0.4 is 5.73 Å². The van der Waals surface area contributed by atoms with Crippen molar-refractivity contribution in [2.45, 2.75) is 52.7 Å². The number of carbonyl (C=O) groups excluding carboxylic acids is 2. The van der Waals surface area contributed by atoms with E-state index in [2.05, 4.69) is 44.1 Å². The standard InChI is InChI=1S/C27H33FN8O3/c1-5-35(6-2)11-12-36-33-26(32-34-36)23-10-8-19(15-30-23)20-9-7-18(13-22(20)28)16(3)21-14-24(39-27(21)38)25(29)31-17(4)37/h7-10,13,15-16,21,24H,5-6,11-12,14H2,1-4H3,(H2,29,31,37). The summed E-state index contributed by atoms with van der Waals surface area (Å²) in [6, 6.07) is 8.37. The molecule has 0 radical (unpaired) electrons. The van der Waals surface area contributed by atoms with E-state index in [0.29, 0.717) is 34.8 Å². The fourth-order valence-corrected chi connectivity index (χ4v) is 4.62. The van der Waals surface area contributed by atoms with Crippen LogP contribution in [0.1, 0.15) is 45.6 Å². The van der Waals surface area contributed by atoms with Crippen molar-refractivity contribution in [2.75, 3.05) is 19.6 Å². The number of rotatable bonds is 10. The van der Waals surface area contributed by atoms with Gasteiger partial charge in [0.15, 0.2) is 6.10 Å². The summed E-state index contributed by atoms with van der Waals surface area (Å²) in [6.07, 6.45) is 1.08. The number of ether oxygens (including phenoxy) is 1. The number of amides is 1. The number of aromatic nitrogens is 5. The highest BCUT2D eigenvalue weighted by atomic mass is 19.1. The van der Waals surface area contributed by atoms with Gasteiger partial charge in [-0.3, -0.25) is 14.6 Å². The fraction of sp³-hybridized carbons (Fsp3) is 0.444. The van der Waals surface area contributed by atoms with Gasteiger partial charge in [-0.15, -0.1) is 10.2 Å². The van der Waals surface area contributed by atoms with Crippen LogP contribution in [0.15, 0.2) is 41.5 Å². The fourth-order valence-electron chi connectivity index (χ4n) is 4.62. The highest BCUT2D eigenvalue weighted by Gasteiger charge is 2.40. The van der Waals surface area contributed by atoms with Gasteiger partial charge in [0.25, 0.3) is 0 Å². The number of tetrazole rings is 1. The molecule has 2 N–H and O–H groups in total. The lowest BCUT2D eigenvalue weighted by molar-refractivity contribution is -0.143. The Morgan fingerprint density at radius 1 is 1.28 bits per heavy atom. The van der Waals surface area contributed by atoms with Gasteiger partial charge in [-0.2, -0.15) is 9.79 Å². The molecular weight excluding hydrogens is 503 g/mol. The number of likely N-dealkylation sites (N-methyl/N-ethyl adjacent to an activating group) is 1. The zero-order valence-corrected chi connectivity index (χ0v) is 22.5. The van der Waals surface area contributed by atoms with Crippen LogP contribution in [0.25, 0.3) is 22.6 Å². The van der Waals surface area contributed by atoms with Gasteiger partial charge in [0, 0.05) is 37.2 Å². The lowest BCUT2D eigenvalue weighted by Gasteiger charge is -2.17. The molecule has 39 heavy (non-hydrogen) atoms. The van der Waals surface area contributed by atoms with Gasteiger partial charge in [0.05, 0.1) is 12.5 Å². The molecule has 0 spiro atoms. The molecule has 1 fully saturated rings. The van der Waals surface area contributed by atoms with Crippen molar-refractivity contribution >= 4 is 17.7 Å². The summed E-state index contributed by atoms with van der Waals surface area (Å²) >= 11 is 0. The van der Waals surface area contributed by atoms with Crippen molar-refractivity contribution in [1.82, 2.24) is 30.1 Å². The van der Waals surface area contributed by atoms with Gasteiger partial charge < -0.3 is 15.4 Å². The quantitative estimate of drug-likeness (QED) is 0.235. The summed E-state index contributed by atoms with van der Waals surface area (Å²) in [7, 11) is 0. The number of cyclic esters (lactones) is 1. The first-order valence-corrected chi connectivity index (χ1v) is 13.0. The smallest absolute Gasteiger partial charge is 0.310 e. The van der Waals surface area contributed by atoms with E-state index in [4.69, 9.17) is 10.5 Å². The molecule has 11 nitrogen and oxygen atoms in total. The predicted octanol–water partition coefficient (Wildman–Crippen LogP) is 2.82. The van der Waals surface area contributed by atoms with E-state index in [9.17, 15) is 9.59 Å². The maximum absolute atomic E-state index is 15.2. The maximum atomic E-state index is 15.2. The second kappa shape index (κ2) is 12.2. The van der Waals surface area contributed by atoms with Crippen molar-refractivity contribution in [3.8, 4) is 22.6 Å². The van der Waals surface area contributed by atoms with Gasteiger partial charge in [0.1, 0.15) is 17.3 Å². The number of halogens is 1. The van der Waals surface area contributed by atoms with Crippen molar-refractivity contribution in [2.24, 2.45) is 16.6 Å². The average Bonchev–Trinajstić information content (AvgIpc) is 3.55. The number of amidine groups is 1. The van der Waals surface area contributed by atoms with E-state index in [1.54, 1.807) is 35.3 Å². The SMILES string of the molecule is CCN(CC)CCn1nnc(-c2ccc(-c3ccc(C(C)C4CC(C(N)=NC(C)=O)OC4=O)cc3F)cn2)n1. The third-order valence-electron chi connectivity index (χ3n) is 7.04. The number of nitrogens with zero attached hydrogens (tertiary/aromatic N) is 7. The molecule has 1 aliphatic heterocycles. The van der Waals surface area contributed by atoms with Gasteiger partial charge in [-0.25, -0.2) is 4.39 Å². The number of pyridine rings is 1. The Labute approximate surface area is 226 Å². The summed E-state index contributed by atoms with van der Waals surface area (Å²) in [5.74, 6) is -1.83. The monoisotopic (exact) mass is 536 g/mol. The van der Waals surface area contributed by atoms with Crippen LogP contribution in [0.4, 0.5) is 4.39 Å². The molecular formula is C27H33FN8O3. The first kappa shape index (κ1) is 28.0. The molecule has 3 aromatic rings. The van der Waals surface area contributed by atoms with Crippen LogP contribution in [0.5, 0.6) is 0 Å². The van der Waals surface area contributed by atoms with Gasteiger partial charge in [-0.05, 0) is 41.9 Å². The molecule has 2 aromatic heterocycles. The first-order valence-electron chi connectivity index (χ1n) is 13.0. The van der Waals surface area contributed by atoms with Crippen LogP contribution in [0.2, 0.25) is 0 Å². The largest absolute Gasteiger partial charge is 0.454 e. The van der Waals surface area contributed by atoms with Crippen LogP contribution in [-0.4, -0.2) is 73.5 Å². The highest BCUT2D eigenvalue weighted by molar-refractivity contribution is 5.97. The molecule has 3 atom stereocenters. The molecule has 12 heteroatoms. The molecule has 0 aliphatic carbocycles. The van der Waals surface area contributed by atoms with Gasteiger partial charge in [0.2, 0.25) is 11.7 Å². The summed E-state index contributed by atoms with van der Waals surface area (Å²) < 4.78 is 20.5. The maximum Gasteiger partial charge on any atom is 0.310 e. The van der Waals surface area contributed by atoms with E-state index in [-0.39, 0.29) is 18.2 Å². The molecule has 1 amide bonds. The number of carbonyl (C=O) groups is 2. The van der Waals surface area contributed by atoms with Crippen molar-refractivity contribution < 1.29 is 18.7 Å². The second-order valence-corrected chi connectivity index (χ2v) is 9.52. The molecule has 1 saturated heterocycles.